The van der Waals surface area contributed by atoms with Crippen LogP contribution < -0.4 is 5.30 Å². The van der Waals surface area contributed by atoms with Crippen LogP contribution in [0.1, 0.15) is 5.69 Å². The van der Waals surface area contributed by atoms with Crippen LogP contribution in [0.5, 0.6) is 0 Å². The zero-order valence-electron chi connectivity index (χ0n) is 6.98. The molecule has 0 aliphatic heterocycles. The van der Waals surface area contributed by atoms with E-state index in [9.17, 15) is 4.57 Å². The van der Waals surface area contributed by atoms with Gasteiger partial charge in [0.15, 0.2) is 5.69 Å². The first-order chi connectivity index (χ1) is 5.55. The number of nitriles is 1. The van der Waals surface area contributed by atoms with Gasteiger partial charge in [-0.2, -0.15) is 5.26 Å². The van der Waals surface area contributed by atoms with Gasteiger partial charge in [0.05, 0.1) is 0 Å². The van der Waals surface area contributed by atoms with Crippen LogP contribution in [0.2, 0.25) is 0 Å². The van der Waals surface area contributed by atoms with E-state index < -0.39 is 7.14 Å². The lowest BCUT2D eigenvalue weighted by atomic mass is 10.4. The Balaban J connectivity index is 3.36. The Hall–Kier alpha value is -1.13. The molecule has 4 heteroatoms. The Kier molecular flexibility index (Phi) is 2.30. The lowest BCUT2D eigenvalue weighted by Crippen LogP contribution is -2.09. The minimum atomic E-state index is -2.36. The molecule has 0 bridgehead atoms. The van der Waals surface area contributed by atoms with Crippen molar-refractivity contribution in [1.82, 2.24) is 4.98 Å². The summed E-state index contributed by atoms with van der Waals surface area (Å²) in [7, 11) is -2.36. The Morgan fingerprint density at radius 3 is 2.67 bits per heavy atom. The standard InChI is InChI=1S/C8H9N2OP/c1-12(2,11)8-4-3-5-10-7(8)6-9/h3-5H,1-2H3. The second kappa shape index (κ2) is 3.08. The average Bonchev–Trinajstić information content (AvgIpc) is 2.03. The highest BCUT2D eigenvalue weighted by molar-refractivity contribution is 7.70. The number of pyridine rings is 1. The van der Waals surface area contributed by atoms with Crippen LogP contribution in [-0.2, 0) is 4.57 Å². The van der Waals surface area contributed by atoms with Crippen LogP contribution in [0, 0.1) is 11.3 Å². The molecule has 12 heavy (non-hydrogen) atoms. The summed E-state index contributed by atoms with van der Waals surface area (Å²) in [6, 6.07) is 5.30. The molecular weight excluding hydrogens is 171 g/mol. The molecule has 1 aromatic rings. The highest BCUT2D eigenvalue weighted by Gasteiger charge is 2.15. The number of rotatable bonds is 1. The molecule has 0 saturated carbocycles. The van der Waals surface area contributed by atoms with E-state index in [4.69, 9.17) is 5.26 Å². The maximum Gasteiger partial charge on any atom is 0.151 e. The SMILES string of the molecule is CP(C)(=O)c1cccnc1C#N. The summed E-state index contributed by atoms with van der Waals surface area (Å²) in [4.78, 5) is 3.83. The zero-order chi connectivity index (χ0) is 9.19. The summed E-state index contributed by atoms with van der Waals surface area (Å²) in [6.45, 7) is 3.26. The quantitative estimate of drug-likeness (QED) is 0.610. The molecule has 1 heterocycles. The van der Waals surface area contributed by atoms with Gasteiger partial charge in [0.25, 0.3) is 0 Å². The van der Waals surface area contributed by atoms with E-state index in [0.29, 0.717) is 5.30 Å². The van der Waals surface area contributed by atoms with E-state index >= 15 is 0 Å². The molecule has 0 saturated heterocycles. The highest BCUT2D eigenvalue weighted by Crippen LogP contribution is 2.34. The van der Waals surface area contributed by atoms with Crippen LogP contribution in [-0.4, -0.2) is 18.3 Å². The van der Waals surface area contributed by atoms with Gasteiger partial charge < -0.3 is 4.57 Å². The van der Waals surface area contributed by atoms with Gasteiger partial charge in [-0.3, -0.25) is 0 Å². The minimum Gasteiger partial charge on any atom is -0.319 e. The maximum absolute atomic E-state index is 11.6. The summed E-state index contributed by atoms with van der Waals surface area (Å²) in [5.74, 6) is 0. The van der Waals surface area contributed by atoms with E-state index in [1.165, 1.54) is 6.20 Å². The summed E-state index contributed by atoms with van der Waals surface area (Å²) >= 11 is 0. The van der Waals surface area contributed by atoms with Gasteiger partial charge in [-0.25, -0.2) is 4.98 Å². The van der Waals surface area contributed by atoms with E-state index in [-0.39, 0.29) is 5.69 Å². The first-order valence-electron chi connectivity index (χ1n) is 3.46. The third-order valence-corrected chi connectivity index (χ3v) is 2.99. The van der Waals surface area contributed by atoms with Gasteiger partial charge >= 0.3 is 0 Å². The van der Waals surface area contributed by atoms with E-state index in [1.807, 2.05) is 6.07 Å². The molecule has 62 valence electrons. The lowest BCUT2D eigenvalue weighted by molar-refractivity contribution is 0.588. The first-order valence-corrected chi connectivity index (χ1v) is 6.06. The summed E-state index contributed by atoms with van der Waals surface area (Å²) < 4.78 is 11.6. The van der Waals surface area contributed by atoms with Crippen LogP contribution in [0.25, 0.3) is 0 Å². The van der Waals surface area contributed by atoms with Crippen LogP contribution >= 0.6 is 7.14 Å². The van der Waals surface area contributed by atoms with Crippen molar-refractivity contribution < 1.29 is 4.57 Å². The van der Waals surface area contributed by atoms with Gasteiger partial charge in [0, 0.05) is 11.5 Å². The van der Waals surface area contributed by atoms with Crippen molar-refractivity contribution in [2.24, 2.45) is 0 Å². The van der Waals surface area contributed by atoms with E-state index in [0.717, 1.165) is 0 Å². The van der Waals surface area contributed by atoms with Crippen LogP contribution in [0.3, 0.4) is 0 Å². The second-order valence-electron chi connectivity index (χ2n) is 2.83. The fraction of sp³-hybridized carbons (Fsp3) is 0.250. The van der Waals surface area contributed by atoms with Gasteiger partial charge in [0.2, 0.25) is 0 Å². The topological polar surface area (TPSA) is 53.8 Å². The molecule has 3 nitrogen and oxygen atoms in total. The largest absolute Gasteiger partial charge is 0.319 e. The minimum absolute atomic E-state index is 0.269. The highest BCUT2D eigenvalue weighted by atomic mass is 31.2. The Bertz CT molecular complexity index is 375. The third-order valence-electron chi connectivity index (χ3n) is 1.47. The Labute approximate surface area is 71.4 Å². The van der Waals surface area contributed by atoms with Crippen LogP contribution in [0.4, 0.5) is 0 Å². The normalized spacial score (nSPS) is 10.8. The molecular formula is C8H9N2OP. The first kappa shape index (κ1) is 8.96. The fourth-order valence-corrected chi connectivity index (χ4v) is 1.98. The summed E-state index contributed by atoms with van der Waals surface area (Å²) in [5, 5.41) is 9.21. The van der Waals surface area contributed by atoms with Crippen LogP contribution in [0.15, 0.2) is 18.3 Å². The number of hydrogen-bond donors (Lipinski definition) is 0. The molecule has 0 atom stereocenters. The number of hydrogen-bond acceptors (Lipinski definition) is 3. The van der Waals surface area contributed by atoms with Gasteiger partial charge in [-0.15, -0.1) is 0 Å². The predicted octanol–water partition coefficient (Wildman–Crippen LogP) is 1.20. The summed E-state index contributed by atoms with van der Waals surface area (Å²) in [5.41, 5.74) is 0.269. The third kappa shape index (κ3) is 1.72. The smallest absolute Gasteiger partial charge is 0.151 e. The molecule has 0 spiro atoms. The Morgan fingerprint density at radius 1 is 1.58 bits per heavy atom. The molecule has 0 N–H and O–H groups in total. The number of aromatic nitrogens is 1. The monoisotopic (exact) mass is 180 g/mol. The van der Waals surface area contributed by atoms with Gasteiger partial charge in [0.1, 0.15) is 13.2 Å². The van der Waals surface area contributed by atoms with E-state index in [2.05, 4.69) is 4.98 Å². The molecule has 0 aliphatic rings. The van der Waals surface area contributed by atoms with Gasteiger partial charge in [-0.05, 0) is 25.5 Å². The molecule has 0 amide bonds. The average molecular weight is 180 g/mol. The predicted molar refractivity (Wildman–Crippen MR) is 48.0 cm³/mol. The van der Waals surface area contributed by atoms with Crippen molar-refractivity contribution in [3.8, 4) is 6.07 Å². The molecule has 0 aromatic carbocycles. The number of nitrogens with zero attached hydrogens (tertiary/aromatic N) is 2. The second-order valence-corrected chi connectivity index (χ2v) is 6.02. The molecule has 0 radical (unpaired) electrons. The van der Waals surface area contributed by atoms with Crippen molar-refractivity contribution in [1.29, 1.82) is 5.26 Å². The van der Waals surface area contributed by atoms with Gasteiger partial charge in [-0.1, -0.05) is 0 Å². The molecule has 0 aliphatic carbocycles. The van der Waals surface area contributed by atoms with Crippen molar-refractivity contribution >= 4 is 12.4 Å². The lowest BCUT2D eigenvalue weighted by Gasteiger charge is -2.06. The molecule has 1 rings (SSSR count). The van der Waals surface area contributed by atoms with Crippen molar-refractivity contribution in [3.05, 3.63) is 24.0 Å². The van der Waals surface area contributed by atoms with E-state index in [1.54, 1.807) is 25.5 Å². The molecule has 1 aromatic heterocycles. The molecule has 0 fully saturated rings. The maximum atomic E-state index is 11.6. The summed E-state index contributed by atoms with van der Waals surface area (Å²) in [6.07, 6.45) is 1.53. The molecule has 0 unspecified atom stereocenters. The zero-order valence-corrected chi connectivity index (χ0v) is 7.88. The fourth-order valence-electron chi connectivity index (χ4n) is 0.917. The van der Waals surface area contributed by atoms with Crippen molar-refractivity contribution in [3.63, 3.8) is 0 Å². The van der Waals surface area contributed by atoms with Crippen molar-refractivity contribution in [2.75, 3.05) is 13.3 Å². The Morgan fingerprint density at radius 2 is 2.25 bits per heavy atom. The van der Waals surface area contributed by atoms with Crippen molar-refractivity contribution in [2.45, 2.75) is 0 Å².